The van der Waals surface area contributed by atoms with Crippen LogP contribution in [-0.4, -0.2) is 12.5 Å². The van der Waals surface area contributed by atoms with Gasteiger partial charge in [-0.1, -0.05) is 30.3 Å². The first-order valence-electron chi connectivity index (χ1n) is 7.28. The van der Waals surface area contributed by atoms with Gasteiger partial charge in [0.15, 0.2) is 0 Å². The second kappa shape index (κ2) is 6.63. The van der Waals surface area contributed by atoms with Gasteiger partial charge in [-0.2, -0.15) is 0 Å². The maximum Gasteiger partial charge on any atom is 0.227 e. The van der Waals surface area contributed by atoms with Crippen molar-refractivity contribution in [1.82, 2.24) is 5.32 Å². The van der Waals surface area contributed by atoms with E-state index in [2.05, 4.69) is 16.8 Å². The predicted octanol–water partition coefficient (Wildman–Crippen LogP) is 4.26. The highest BCUT2D eigenvalue weighted by Crippen LogP contribution is 2.35. The van der Waals surface area contributed by atoms with E-state index in [4.69, 9.17) is 11.6 Å². The quantitative estimate of drug-likeness (QED) is 0.838. The fourth-order valence-corrected chi connectivity index (χ4v) is 4.06. The first-order valence-corrected chi connectivity index (χ1v) is 8.60. The second-order valence-electron chi connectivity index (χ2n) is 5.37. The Labute approximate surface area is 134 Å². The van der Waals surface area contributed by atoms with E-state index in [9.17, 15) is 4.79 Å². The number of benzene rings is 1. The Balaban J connectivity index is 1.61. The molecule has 0 spiro atoms. The zero-order valence-electron chi connectivity index (χ0n) is 11.7. The molecule has 4 heteroatoms. The molecule has 0 radical (unpaired) electrons. The molecule has 1 aliphatic carbocycles. The molecule has 1 amide bonds. The third-order valence-corrected chi connectivity index (χ3v) is 5.39. The topological polar surface area (TPSA) is 29.1 Å². The molecule has 0 aliphatic heterocycles. The lowest BCUT2D eigenvalue weighted by Gasteiger charge is -2.22. The van der Waals surface area contributed by atoms with E-state index in [1.54, 1.807) is 11.3 Å². The van der Waals surface area contributed by atoms with Crippen LogP contribution < -0.4 is 5.32 Å². The van der Waals surface area contributed by atoms with Crippen LogP contribution >= 0.6 is 22.9 Å². The molecule has 3 rings (SSSR count). The van der Waals surface area contributed by atoms with Crippen LogP contribution in [0.2, 0.25) is 0 Å². The maximum atomic E-state index is 12.4. The number of nitrogens with one attached hydrogen (secondary N) is 1. The van der Waals surface area contributed by atoms with Gasteiger partial charge in [-0.15, -0.1) is 22.9 Å². The van der Waals surface area contributed by atoms with Crippen molar-refractivity contribution in [3.8, 4) is 0 Å². The molecule has 0 saturated heterocycles. The lowest BCUT2D eigenvalue weighted by Crippen LogP contribution is -2.33. The number of hydrogen-bond acceptors (Lipinski definition) is 2. The monoisotopic (exact) mass is 319 g/mol. The van der Waals surface area contributed by atoms with Crippen LogP contribution in [0.1, 0.15) is 40.1 Å². The van der Waals surface area contributed by atoms with Gasteiger partial charge in [-0.3, -0.25) is 4.79 Å². The Bertz CT molecular complexity index is 610. The number of carbonyl (C=O) groups excluding carboxylic acids is 1. The van der Waals surface area contributed by atoms with Crippen LogP contribution in [0.4, 0.5) is 0 Å². The second-order valence-corrected chi connectivity index (χ2v) is 6.89. The molecule has 0 saturated carbocycles. The zero-order valence-corrected chi connectivity index (χ0v) is 13.3. The van der Waals surface area contributed by atoms with E-state index < -0.39 is 0 Å². The molecule has 1 heterocycles. The Morgan fingerprint density at radius 3 is 2.95 bits per heavy atom. The van der Waals surface area contributed by atoms with Crippen LogP contribution in [0, 0.1) is 0 Å². The Hall–Kier alpha value is -1.32. The van der Waals surface area contributed by atoms with E-state index in [0.717, 1.165) is 24.8 Å². The molecular weight excluding hydrogens is 302 g/mol. The number of thiophene rings is 1. The van der Waals surface area contributed by atoms with Gasteiger partial charge >= 0.3 is 0 Å². The number of carbonyl (C=O) groups is 1. The van der Waals surface area contributed by atoms with Crippen LogP contribution in [0.3, 0.4) is 0 Å². The number of hydrogen-bond donors (Lipinski definition) is 1. The van der Waals surface area contributed by atoms with Crippen LogP contribution in [0.15, 0.2) is 41.8 Å². The summed E-state index contributed by atoms with van der Waals surface area (Å²) < 4.78 is 0. The molecule has 0 fully saturated rings. The minimum Gasteiger partial charge on any atom is -0.354 e. The maximum absolute atomic E-state index is 12.4. The van der Waals surface area contributed by atoms with Crippen LogP contribution in [-0.2, 0) is 11.2 Å². The fraction of sp³-hybridized carbons (Fsp3) is 0.353. The summed E-state index contributed by atoms with van der Waals surface area (Å²) in [6.07, 6.45) is 3.14. The van der Waals surface area contributed by atoms with E-state index in [-0.39, 0.29) is 17.2 Å². The van der Waals surface area contributed by atoms with E-state index in [1.807, 2.05) is 30.3 Å². The summed E-state index contributed by atoms with van der Waals surface area (Å²) in [6, 6.07) is 12.0. The highest BCUT2D eigenvalue weighted by Gasteiger charge is 2.27. The minimum atomic E-state index is -0.180. The van der Waals surface area contributed by atoms with E-state index in [1.165, 1.54) is 10.4 Å². The van der Waals surface area contributed by atoms with E-state index >= 15 is 0 Å². The van der Waals surface area contributed by atoms with Gasteiger partial charge in [0.25, 0.3) is 0 Å². The van der Waals surface area contributed by atoms with Crippen molar-refractivity contribution in [3.63, 3.8) is 0 Å². The van der Waals surface area contributed by atoms with Crippen molar-refractivity contribution in [2.75, 3.05) is 6.54 Å². The summed E-state index contributed by atoms with van der Waals surface area (Å²) in [6.45, 7) is 0.473. The first-order chi connectivity index (χ1) is 10.3. The standard InChI is InChI=1S/C17H18ClNOS/c18-15(12-5-2-1-3-6-12)11-19-17(20)14-7-4-8-16-13(14)9-10-21-16/h1-3,5-6,9-10,14-15H,4,7-8,11H2,(H,19,20). The predicted molar refractivity (Wildman–Crippen MR) is 88.0 cm³/mol. The number of rotatable bonds is 4. The molecule has 110 valence electrons. The molecule has 1 aliphatic rings. The van der Waals surface area contributed by atoms with Crippen molar-refractivity contribution in [2.45, 2.75) is 30.6 Å². The number of aryl methyl sites for hydroxylation is 1. The van der Waals surface area contributed by atoms with Crippen LogP contribution in [0.5, 0.6) is 0 Å². The Kier molecular flexibility index (Phi) is 4.61. The van der Waals surface area contributed by atoms with Gasteiger partial charge in [-0.05, 0) is 41.8 Å². The normalized spacial score (nSPS) is 18.8. The SMILES string of the molecule is O=C(NCC(Cl)c1ccccc1)C1CCCc2sccc21. The summed E-state index contributed by atoms with van der Waals surface area (Å²) in [4.78, 5) is 13.8. The molecule has 1 aromatic carbocycles. The highest BCUT2D eigenvalue weighted by molar-refractivity contribution is 7.10. The summed E-state index contributed by atoms with van der Waals surface area (Å²) in [7, 11) is 0. The lowest BCUT2D eigenvalue weighted by atomic mass is 9.87. The molecule has 1 aromatic heterocycles. The lowest BCUT2D eigenvalue weighted by molar-refractivity contribution is -0.122. The molecule has 2 unspecified atom stereocenters. The van der Waals surface area contributed by atoms with Gasteiger partial charge in [0.05, 0.1) is 11.3 Å². The summed E-state index contributed by atoms with van der Waals surface area (Å²) in [5, 5.41) is 4.92. The van der Waals surface area contributed by atoms with E-state index in [0.29, 0.717) is 6.54 Å². The highest BCUT2D eigenvalue weighted by atomic mass is 35.5. The number of halogens is 1. The molecule has 2 atom stereocenters. The average molecular weight is 320 g/mol. The molecular formula is C17H18ClNOS. The summed E-state index contributed by atoms with van der Waals surface area (Å²) in [5.41, 5.74) is 2.26. The smallest absolute Gasteiger partial charge is 0.227 e. The Morgan fingerprint density at radius 1 is 1.33 bits per heavy atom. The molecule has 0 bridgehead atoms. The summed E-state index contributed by atoms with van der Waals surface area (Å²) in [5.74, 6) is 0.107. The average Bonchev–Trinajstić information content (AvgIpc) is 3.01. The van der Waals surface area contributed by atoms with Crippen molar-refractivity contribution < 1.29 is 4.79 Å². The Morgan fingerprint density at radius 2 is 2.14 bits per heavy atom. The third kappa shape index (κ3) is 3.30. The van der Waals surface area contributed by atoms with Crippen LogP contribution in [0.25, 0.3) is 0 Å². The largest absolute Gasteiger partial charge is 0.354 e. The molecule has 2 aromatic rings. The minimum absolute atomic E-state index is 0.000333. The summed E-state index contributed by atoms with van der Waals surface area (Å²) >= 11 is 8.12. The number of amides is 1. The third-order valence-electron chi connectivity index (χ3n) is 3.99. The van der Waals surface area contributed by atoms with Gasteiger partial charge in [0.1, 0.15) is 0 Å². The number of fused-ring (bicyclic) bond motifs is 1. The van der Waals surface area contributed by atoms with Crippen molar-refractivity contribution in [3.05, 3.63) is 57.8 Å². The molecule has 1 N–H and O–H groups in total. The van der Waals surface area contributed by atoms with Gasteiger partial charge in [0.2, 0.25) is 5.91 Å². The van der Waals surface area contributed by atoms with Crippen molar-refractivity contribution in [2.24, 2.45) is 0 Å². The zero-order chi connectivity index (χ0) is 14.7. The van der Waals surface area contributed by atoms with Gasteiger partial charge in [0, 0.05) is 11.4 Å². The molecule has 2 nitrogen and oxygen atoms in total. The van der Waals surface area contributed by atoms with Gasteiger partial charge < -0.3 is 5.32 Å². The first kappa shape index (κ1) is 14.6. The molecule has 21 heavy (non-hydrogen) atoms. The van der Waals surface area contributed by atoms with Crippen molar-refractivity contribution >= 4 is 28.8 Å². The van der Waals surface area contributed by atoms with Gasteiger partial charge in [-0.25, -0.2) is 0 Å². The van der Waals surface area contributed by atoms with Crippen molar-refractivity contribution in [1.29, 1.82) is 0 Å². The fourth-order valence-electron chi connectivity index (χ4n) is 2.85. The number of alkyl halides is 1.